The third kappa shape index (κ3) is 3.13. The van der Waals surface area contributed by atoms with Crippen LogP contribution >= 0.6 is 0 Å². The third-order valence-electron chi connectivity index (χ3n) is 4.45. The first-order chi connectivity index (χ1) is 12.0. The van der Waals surface area contributed by atoms with Gasteiger partial charge in [0.2, 0.25) is 0 Å². The fourth-order valence-electron chi connectivity index (χ4n) is 3.20. The average Bonchev–Trinajstić information content (AvgIpc) is 2.65. The molecular weight excluding hydrogens is 322 g/mol. The number of nitrogens with zero attached hydrogens (tertiary/aromatic N) is 2. The van der Waals surface area contributed by atoms with Crippen molar-refractivity contribution in [2.45, 2.75) is 13.0 Å². The molecule has 0 fully saturated rings. The van der Waals surface area contributed by atoms with Gasteiger partial charge in [0.15, 0.2) is 0 Å². The Balaban J connectivity index is 1.99. The molecule has 0 unspecified atom stereocenters. The van der Waals surface area contributed by atoms with Gasteiger partial charge >= 0.3 is 0 Å². The van der Waals surface area contributed by atoms with Gasteiger partial charge in [0.25, 0.3) is 11.6 Å². The van der Waals surface area contributed by atoms with E-state index in [9.17, 15) is 14.9 Å². The van der Waals surface area contributed by atoms with E-state index in [0.717, 1.165) is 17.7 Å². The lowest BCUT2D eigenvalue weighted by atomic mass is 9.97. The number of methoxy groups -OCH3 is 1. The van der Waals surface area contributed by atoms with E-state index in [2.05, 4.69) is 10.2 Å². The zero-order valence-corrected chi connectivity index (χ0v) is 14.1. The number of carbonyl (C=O) groups excluding carboxylic acids is 1. The van der Waals surface area contributed by atoms with Crippen LogP contribution in [0.1, 0.15) is 21.5 Å². The first kappa shape index (κ1) is 16.8. The van der Waals surface area contributed by atoms with Crippen LogP contribution in [0.25, 0.3) is 0 Å². The predicted octanol–water partition coefficient (Wildman–Crippen LogP) is 2.53. The molecule has 1 aliphatic heterocycles. The molecule has 3 rings (SSSR count). The molecule has 0 atom stereocenters. The summed E-state index contributed by atoms with van der Waals surface area (Å²) in [6.07, 6.45) is 0.781. The zero-order valence-electron chi connectivity index (χ0n) is 14.1. The molecule has 0 saturated carbocycles. The summed E-state index contributed by atoms with van der Waals surface area (Å²) in [7, 11) is 3.17. The van der Waals surface area contributed by atoms with Gasteiger partial charge in [-0.2, -0.15) is 0 Å². The predicted molar refractivity (Wildman–Crippen MR) is 94.2 cm³/mol. The van der Waals surface area contributed by atoms with Gasteiger partial charge in [0.1, 0.15) is 5.75 Å². The molecule has 2 aromatic rings. The topological polar surface area (TPSA) is 84.7 Å². The van der Waals surface area contributed by atoms with Crippen molar-refractivity contribution in [3.05, 3.63) is 63.2 Å². The van der Waals surface area contributed by atoms with Crippen molar-refractivity contribution in [2.75, 3.05) is 25.6 Å². The van der Waals surface area contributed by atoms with Crippen molar-refractivity contribution in [3.63, 3.8) is 0 Å². The van der Waals surface area contributed by atoms with E-state index in [1.165, 1.54) is 24.7 Å². The molecule has 1 N–H and O–H groups in total. The molecule has 0 aromatic heterocycles. The molecule has 7 heteroatoms. The summed E-state index contributed by atoms with van der Waals surface area (Å²) in [6.45, 7) is 1.32. The van der Waals surface area contributed by atoms with Crippen LogP contribution in [0.4, 0.5) is 11.4 Å². The average molecular weight is 341 g/mol. The van der Waals surface area contributed by atoms with Crippen LogP contribution in [0.15, 0.2) is 36.4 Å². The number of anilines is 1. The lowest BCUT2D eigenvalue weighted by molar-refractivity contribution is -0.384. The number of fused-ring (bicyclic) bond motifs is 1. The van der Waals surface area contributed by atoms with Gasteiger partial charge in [-0.15, -0.1) is 0 Å². The van der Waals surface area contributed by atoms with Gasteiger partial charge in [0.05, 0.1) is 23.3 Å². The standard InChI is InChI=1S/C18H19N3O4/c1-19-18(22)15-10-13(21(23)24)6-7-16(15)20-9-8-14-12(11-20)4-3-5-17(14)25-2/h3-7,10H,8-9,11H2,1-2H3,(H,19,22). The fourth-order valence-corrected chi connectivity index (χ4v) is 3.20. The van der Waals surface area contributed by atoms with E-state index in [0.29, 0.717) is 24.3 Å². The van der Waals surface area contributed by atoms with Crippen molar-refractivity contribution in [1.82, 2.24) is 5.32 Å². The monoisotopic (exact) mass is 341 g/mol. The van der Waals surface area contributed by atoms with Gasteiger partial charge < -0.3 is 15.0 Å². The number of ether oxygens (including phenoxy) is 1. The second-order valence-electron chi connectivity index (χ2n) is 5.81. The van der Waals surface area contributed by atoms with Crippen molar-refractivity contribution in [1.29, 1.82) is 0 Å². The van der Waals surface area contributed by atoms with Crippen LogP contribution < -0.4 is 15.0 Å². The summed E-state index contributed by atoms with van der Waals surface area (Å²) in [5.74, 6) is 0.530. The Morgan fingerprint density at radius 3 is 2.80 bits per heavy atom. The Morgan fingerprint density at radius 2 is 2.12 bits per heavy atom. The summed E-state index contributed by atoms with van der Waals surface area (Å²) in [6, 6.07) is 10.3. The van der Waals surface area contributed by atoms with Crippen molar-refractivity contribution in [2.24, 2.45) is 0 Å². The fraction of sp³-hybridized carbons (Fsp3) is 0.278. The Bertz CT molecular complexity index is 835. The largest absolute Gasteiger partial charge is 0.496 e. The van der Waals surface area contributed by atoms with Gasteiger partial charge in [-0.1, -0.05) is 12.1 Å². The molecular formula is C18H19N3O4. The van der Waals surface area contributed by atoms with Crippen LogP contribution in [-0.2, 0) is 13.0 Å². The number of non-ortho nitro benzene ring substituents is 1. The highest BCUT2D eigenvalue weighted by Crippen LogP contribution is 2.33. The molecule has 1 heterocycles. The quantitative estimate of drug-likeness (QED) is 0.682. The molecule has 2 aromatic carbocycles. The molecule has 0 radical (unpaired) electrons. The second-order valence-corrected chi connectivity index (χ2v) is 5.81. The maximum absolute atomic E-state index is 12.2. The third-order valence-corrected chi connectivity index (χ3v) is 4.45. The number of carbonyl (C=O) groups is 1. The van der Waals surface area contributed by atoms with E-state index in [1.54, 1.807) is 13.2 Å². The highest BCUT2D eigenvalue weighted by molar-refractivity contribution is 6.00. The first-order valence-electron chi connectivity index (χ1n) is 7.95. The highest BCUT2D eigenvalue weighted by atomic mass is 16.6. The van der Waals surface area contributed by atoms with Crippen LogP contribution in [0, 0.1) is 10.1 Å². The molecule has 0 spiro atoms. The van der Waals surface area contributed by atoms with E-state index >= 15 is 0 Å². The van der Waals surface area contributed by atoms with Crippen molar-refractivity contribution in [3.8, 4) is 5.75 Å². The zero-order chi connectivity index (χ0) is 18.0. The summed E-state index contributed by atoms with van der Waals surface area (Å²) in [5, 5.41) is 13.6. The van der Waals surface area contributed by atoms with Crippen LogP contribution in [-0.4, -0.2) is 31.5 Å². The number of nitrogens with one attached hydrogen (secondary N) is 1. The number of hydrogen-bond donors (Lipinski definition) is 1. The summed E-state index contributed by atoms with van der Waals surface area (Å²) in [4.78, 5) is 24.8. The molecule has 130 valence electrons. The number of hydrogen-bond acceptors (Lipinski definition) is 5. The molecule has 0 bridgehead atoms. The smallest absolute Gasteiger partial charge is 0.270 e. The first-order valence-corrected chi connectivity index (χ1v) is 7.95. The maximum atomic E-state index is 12.2. The minimum absolute atomic E-state index is 0.0959. The summed E-state index contributed by atoms with van der Waals surface area (Å²) < 4.78 is 5.42. The van der Waals surface area contributed by atoms with Crippen LogP contribution in [0.5, 0.6) is 5.75 Å². The number of rotatable bonds is 4. The second kappa shape index (κ2) is 6.80. The van der Waals surface area contributed by atoms with Gasteiger partial charge in [-0.3, -0.25) is 14.9 Å². The lowest BCUT2D eigenvalue weighted by Crippen LogP contribution is -2.33. The number of nitro benzene ring substituents is 1. The van der Waals surface area contributed by atoms with Crippen LogP contribution in [0.2, 0.25) is 0 Å². The maximum Gasteiger partial charge on any atom is 0.270 e. The van der Waals surface area contributed by atoms with E-state index in [1.807, 2.05) is 18.2 Å². The van der Waals surface area contributed by atoms with Crippen molar-refractivity contribution < 1.29 is 14.5 Å². The lowest BCUT2D eigenvalue weighted by Gasteiger charge is -2.32. The SMILES string of the molecule is CNC(=O)c1cc([N+](=O)[O-])ccc1N1CCc2c(cccc2OC)C1. The number of amides is 1. The molecule has 1 aliphatic rings. The minimum Gasteiger partial charge on any atom is -0.496 e. The van der Waals surface area contributed by atoms with E-state index in [-0.39, 0.29) is 11.6 Å². The molecule has 25 heavy (non-hydrogen) atoms. The highest BCUT2D eigenvalue weighted by Gasteiger charge is 2.24. The normalized spacial score (nSPS) is 13.1. The number of benzene rings is 2. The summed E-state index contributed by atoms with van der Waals surface area (Å²) in [5.41, 5.74) is 3.21. The Hall–Kier alpha value is -3.09. The van der Waals surface area contributed by atoms with E-state index in [4.69, 9.17) is 4.74 Å². The number of nitro groups is 1. The van der Waals surface area contributed by atoms with E-state index < -0.39 is 4.92 Å². The summed E-state index contributed by atoms with van der Waals surface area (Å²) >= 11 is 0. The molecule has 0 saturated heterocycles. The van der Waals surface area contributed by atoms with Gasteiger partial charge in [-0.05, 0) is 24.1 Å². The Kier molecular flexibility index (Phi) is 4.56. The Morgan fingerprint density at radius 1 is 1.32 bits per heavy atom. The molecule has 7 nitrogen and oxygen atoms in total. The minimum atomic E-state index is -0.493. The van der Waals surface area contributed by atoms with Crippen molar-refractivity contribution >= 4 is 17.3 Å². The van der Waals surface area contributed by atoms with Crippen LogP contribution in [0.3, 0.4) is 0 Å². The van der Waals surface area contributed by atoms with Gasteiger partial charge in [0, 0.05) is 37.8 Å². The molecule has 0 aliphatic carbocycles. The Labute approximate surface area is 145 Å². The van der Waals surface area contributed by atoms with Gasteiger partial charge in [-0.25, -0.2) is 0 Å². The molecule has 1 amide bonds.